The summed E-state index contributed by atoms with van der Waals surface area (Å²) in [5.74, 6) is 0. The fourth-order valence-electron chi connectivity index (χ4n) is 12.9. The molecule has 0 bridgehead atoms. The summed E-state index contributed by atoms with van der Waals surface area (Å²) in [7, 11) is 0. The van der Waals surface area contributed by atoms with E-state index in [2.05, 4.69) is 200 Å². The Balaban J connectivity index is 0.941. The van der Waals surface area contributed by atoms with Gasteiger partial charge in [-0.3, -0.25) is 0 Å². The largest absolute Gasteiger partial charge is 0.455 e. The lowest BCUT2D eigenvalue weighted by atomic mass is 10.1. The lowest BCUT2D eigenvalue weighted by molar-refractivity contribution is 0.672. The van der Waals surface area contributed by atoms with Crippen LogP contribution in [0.1, 0.15) is 11.1 Å². The van der Waals surface area contributed by atoms with Gasteiger partial charge >= 0.3 is 0 Å². The summed E-state index contributed by atoms with van der Waals surface area (Å²) in [5, 5.41) is 35.5. The zero-order chi connectivity index (χ0) is 49.9. The molecule has 0 unspecified atom stereocenters. The van der Waals surface area contributed by atoms with Crippen LogP contribution in [0.25, 0.3) is 154 Å². The van der Waals surface area contributed by atoms with Gasteiger partial charge in [0.25, 0.3) is 0 Å². The molecular formula is C68H36N6O2. The van der Waals surface area contributed by atoms with E-state index in [1.165, 1.54) is 21.5 Å². The second-order valence-electron chi connectivity index (χ2n) is 19.8. The Morgan fingerprint density at radius 1 is 0.276 bits per heavy atom. The summed E-state index contributed by atoms with van der Waals surface area (Å²) in [5.41, 5.74) is 14.9. The molecule has 0 aliphatic rings. The Bertz CT molecular complexity index is 5380. The summed E-state index contributed by atoms with van der Waals surface area (Å²) in [6, 6.07) is 81.0. The van der Waals surface area contributed by atoms with Crippen molar-refractivity contribution in [2.45, 2.75) is 0 Å². The minimum absolute atomic E-state index is 0.353. The van der Waals surface area contributed by atoms with Crippen LogP contribution in [0.3, 0.4) is 0 Å². The molecule has 6 heterocycles. The van der Waals surface area contributed by atoms with E-state index in [9.17, 15) is 10.5 Å². The van der Waals surface area contributed by atoms with E-state index in [-0.39, 0.29) is 0 Å². The van der Waals surface area contributed by atoms with Crippen LogP contribution in [0.5, 0.6) is 0 Å². The van der Waals surface area contributed by atoms with E-state index in [0.717, 1.165) is 121 Å². The summed E-state index contributed by atoms with van der Waals surface area (Å²) in [6.45, 7) is 0. The molecule has 11 aromatic carbocycles. The molecule has 350 valence electrons. The first kappa shape index (κ1) is 40.8. The lowest BCUT2D eigenvalue weighted by Crippen LogP contribution is -2.05. The molecule has 8 nitrogen and oxygen atoms in total. The van der Waals surface area contributed by atoms with Crippen LogP contribution in [-0.4, -0.2) is 18.3 Å². The molecule has 0 saturated heterocycles. The third-order valence-corrected chi connectivity index (χ3v) is 16.0. The van der Waals surface area contributed by atoms with Crippen molar-refractivity contribution in [2.24, 2.45) is 0 Å². The minimum atomic E-state index is 0.353. The molecule has 76 heavy (non-hydrogen) atoms. The fourth-order valence-corrected chi connectivity index (χ4v) is 12.9. The van der Waals surface area contributed by atoms with Gasteiger partial charge in [-0.25, -0.2) is 0 Å². The van der Waals surface area contributed by atoms with Crippen molar-refractivity contribution in [3.8, 4) is 34.9 Å². The first-order valence-corrected chi connectivity index (χ1v) is 25.4. The van der Waals surface area contributed by atoms with Crippen molar-refractivity contribution in [1.29, 1.82) is 10.5 Å². The van der Waals surface area contributed by atoms with E-state index in [0.29, 0.717) is 22.5 Å². The van der Waals surface area contributed by atoms with Crippen LogP contribution in [0.2, 0.25) is 0 Å². The van der Waals surface area contributed by atoms with Gasteiger partial charge in [0.2, 0.25) is 0 Å². The van der Waals surface area contributed by atoms with Crippen molar-refractivity contribution in [1.82, 2.24) is 18.3 Å². The first-order valence-electron chi connectivity index (χ1n) is 25.4. The van der Waals surface area contributed by atoms with E-state index < -0.39 is 0 Å². The molecule has 0 radical (unpaired) electrons. The topological polar surface area (TPSA) is 93.6 Å². The normalized spacial score (nSPS) is 12.2. The predicted molar refractivity (Wildman–Crippen MR) is 308 cm³/mol. The van der Waals surface area contributed by atoms with Gasteiger partial charge in [-0.15, -0.1) is 0 Å². The monoisotopic (exact) mass is 968 g/mol. The van der Waals surface area contributed by atoms with E-state index >= 15 is 0 Å². The molecule has 0 amide bonds. The van der Waals surface area contributed by atoms with Crippen LogP contribution < -0.4 is 0 Å². The number of hydrogen-bond acceptors (Lipinski definition) is 4. The number of nitriles is 2. The first-order chi connectivity index (χ1) is 37.6. The number of nitrogens with zero attached hydrogens (tertiary/aromatic N) is 6. The maximum atomic E-state index is 11.5. The number of para-hydroxylation sites is 6. The standard InChI is InChI=1S/C68H36N6O2/c69-37-39-33-43(73-58-29-25-41(71-54-19-7-1-13-44(54)45-14-2-8-20-55(45)71)35-52(58)64-60(73)31-27-50-48-17-5-11-23-62(48)75-67(50)64)34-40(38-70)66(39)74-59-30-26-42(72-56-21-9-3-15-46(56)47-16-4-10-22-57(47)72)36-53(59)65-61(74)32-28-51-49-18-6-12-24-63(49)76-68(51)65/h1-36H. The van der Waals surface area contributed by atoms with Gasteiger partial charge in [-0.05, 0) is 109 Å². The number of fused-ring (bicyclic) bond motifs is 20. The summed E-state index contributed by atoms with van der Waals surface area (Å²) >= 11 is 0. The van der Waals surface area contributed by atoms with Gasteiger partial charge in [0.1, 0.15) is 34.5 Å². The third-order valence-electron chi connectivity index (χ3n) is 16.0. The second-order valence-corrected chi connectivity index (χ2v) is 19.8. The molecule has 8 heteroatoms. The van der Waals surface area contributed by atoms with Gasteiger partial charge in [0.05, 0.1) is 71.7 Å². The Morgan fingerprint density at radius 2 is 0.618 bits per heavy atom. The Labute approximate surface area is 431 Å². The number of hydrogen-bond donors (Lipinski definition) is 0. The Hall–Kier alpha value is -10.8. The Morgan fingerprint density at radius 3 is 1.05 bits per heavy atom. The van der Waals surface area contributed by atoms with E-state index in [1.54, 1.807) is 0 Å². The maximum Gasteiger partial charge on any atom is 0.145 e. The van der Waals surface area contributed by atoms with Crippen LogP contribution in [0.15, 0.2) is 227 Å². The molecule has 0 fully saturated rings. The molecule has 6 aromatic heterocycles. The van der Waals surface area contributed by atoms with Crippen molar-refractivity contribution in [3.63, 3.8) is 0 Å². The zero-order valence-corrected chi connectivity index (χ0v) is 40.3. The second kappa shape index (κ2) is 14.9. The highest BCUT2D eigenvalue weighted by atomic mass is 16.3. The number of rotatable bonds is 4. The molecule has 0 atom stereocenters. The van der Waals surface area contributed by atoms with Crippen molar-refractivity contribution >= 4 is 131 Å². The minimum Gasteiger partial charge on any atom is -0.455 e. The van der Waals surface area contributed by atoms with Crippen molar-refractivity contribution in [3.05, 3.63) is 230 Å². The van der Waals surface area contributed by atoms with Gasteiger partial charge < -0.3 is 27.1 Å². The summed E-state index contributed by atoms with van der Waals surface area (Å²) in [4.78, 5) is 0. The lowest BCUT2D eigenvalue weighted by Gasteiger charge is -2.16. The number of furan rings is 2. The average Bonchev–Trinajstić information content (AvgIpc) is 4.47. The number of benzene rings is 11. The van der Waals surface area contributed by atoms with Gasteiger partial charge in [0.15, 0.2) is 0 Å². The van der Waals surface area contributed by atoms with Gasteiger partial charge in [0, 0.05) is 70.9 Å². The molecule has 0 N–H and O–H groups in total. The smallest absolute Gasteiger partial charge is 0.145 e. The van der Waals surface area contributed by atoms with Crippen LogP contribution in [-0.2, 0) is 0 Å². The fraction of sp³-hybridized carbons (Fsp3) is 0. The molecule has 0 aliphatic heterocycles. The average molecular weight is 969 g/mol. The predicted octanol–water partition coefficient (Wildman–Crippen LogP) is 17.6. The molecule has 0 saturated carbocycles. The molecular weight excluding hydrogens is 933 g/mol. The highest BCUT2D eigenvalue weighted by molar-refractivity contribution is 6.26. The molecule has 0 spiro atoms. The van der Waals surface area contributed by atoms with Crippen LogP contribution >= 0.6 is 0 Å². The maximum absolute atomic E-state index is 11.5. The van der Waals surface area contributed by atoms with Crippen LogP contribution in [0.4, 0.5) is 0 Å². The van der Waals surface area contributed by atoms with Crippen molar-refractivity contribution in [2.75, 3.05) is 0 Å². The third kappa shape index (κ3) is 5.28. The van der Waals surface area contributed by atoms with Gasteiger partial charge in [-0.2, -0.15) is 10.5 Å². The van der Waals surface area contributed by atoms with E-state index in [1.807, 2.05) is 48.5 Å². The SMILES string of the molecule is N#Cc1cc(-n2c3ccc(-n4c5ccccc5c5ccccc54)cc3c3c4oc5ccccc5c4ccc32)cc(C#N)c1-n1c2ccc(-n3c4ccccc4c4ccccc43)cc2c2c3oc4ccccc4c3ccc21. The van der Waals surface area contributed by atoms with Crippen molar-refractivity contribution < 1.29 is 8.83 Å². The molecule has 0 aliphatic carbocycles. The molecule has 17 aromatic rings. The summed E-state index contributed by atoms with van der Waals surface area (Å²) in [6.07, 6.45) is 0. The zero-order valence-electron chi connectivity index (χ0n) is 40.3. The Kier molecular flexibility index (Phi) is 7.99. The molecule has 17 rings (SSSR count). The quantitative estimate of drug-likeness (QED) is 0.176. The van der Waals surface area contributed by atoms with Crippen LogP contribution in [0, 0.1) is 22.7 Å². The highest BCUT2D eigenvalue weighted by Gasteiger charge is 2.27. The van der Waals surface area contributed by atoms with Gasteiger partial charge in [-0.1, -0.05) is 109 Å². The highest BCUT2D eigenvalue weighted by Crippen LogP contribution is 2.46. The summed E-state index contributed by atoms with van der Waals surface area (Å²) < 4.78 is 22.6. The number of aromatic nitrogens is 4. The van der Waals surface area contributed by atoms with E-state index in [4.69, 9.17) is 8.83 Å².